The van der Waals surface area contributed by atoms with Crippen LogP contribution in [0, 0.1) is 5.82 Å². The van der Waals surface area contributed by atoms with Gasteiger partial charge in [0.15, 0.2) is 0 Å². The van der Waals surface area contributed by atoms with Crippen molar-refractivity contribution < 1.29 is 27.1 Å². The van der Waals surface area contributed by atoms with Crippen molar-refractivity contribution in [3.8, 4) is 10.6 Å². The van der Waals surface area contributed by atoms with E-state index in [-0.39, 0.29) is 37.8 Å². The third kappa shape index (κ3) is 5.30. The number of rotatable bonds is 7. The number of halogens is 1. The summed E-state index contributed by atoms with van der Waals surface area (Å²) in [6, 6.07) is 11.2. The zero-order valence-electron chi connectivity index (χ0n) is 18.0. The lowest BCUT2D eigenvalue weighted by Crippen LogP contribution is -2.40. The molecule has 0 radical (unpaired) electrons. The van der Waals surface area contributed by atoms with Crippen LogP contribution < -0.4 is 0 Å². The molecule has 1 aliphatic heterocycles. The highest BCUT2D eigenvalue weighted by Gasteiger charge is 2.28. The molecule has 2 aromatic carbocycles. The van der Waals surface area contributed by atoms with Crippen molar-refractivity contribution in [3.05, 3.63) is 70.5 Å². The Kier molecular flexibility index (Phi) is 7.18. The molecular weight excluding hydrogens is 467 g/mol. The van der Waals surface area contributed by atoms with Gasteiger partial charge in [0.1, 0.15) is 17.4 Å². The molecule has 0 aliphatic carbocycles. The number of benzene rings is 2. The highest BCUT2D eigenvalue weighted by molar-refractivity contribution is 7.89. The van der Waals surface area contributed by atoms with Crippen molar-refractivity contribution in [3.63, 3.8) is 0 Å². The molecule has 0 bridgehead atoms. The van der Waals surface area contributed by atoms with E-state index in [4.69, 9.17) is 9.47 Å². The summed E-state index contributed by atoms with van der Waals surface area (Å²) in [6.07, 6.45) is 0.949. The fraction of sp³-hybridized carbons (Fsp3) is 0.304. The predicted octanol–water partition coefficient (Wildman–Crippen LogP) is 3.89. The van der Waals surface area contributed by atoms with Crippen LogP contribution in [0.2, 0.25) is 0 Å². The molecule has 0 amide bonds. The first kappa shape index (κ1) is 23.5. The monoisotopic (exact) mass is 490 g/mol. The third-order valence-electron chi connectivity index (χ3n) is 5.28. The van der Waals surface area contributed by atoms with Gasteiger partial charge >= 0.3 is 5.97 Å². The van der Waals surface area contributed by atoms with Crippen LogP contribution >= 0.6 is 11.3 Å². The minimum Gasteiger partial charge on any atom is -0.455 e. The lowest BCUT2D eigenvalue weighted by Gasteiger charge is -2.26. The van der Waals surface area contributed by atoms with E-state index >= 15 is 0 Å². The number of thiazole rings is 1. The number of carbonyl (C=O) groups excluding carboxylic acids is 1. The molecule has 0 saturated carbocycles. The fourth-order valence-electron chi connectivity index (χ4n) is 3.36. The molecule has 3 aromatic rings. The summed E-state index contributed by atoms with van der Waals surface area (Å²) in [5.74, 6) is -1.80. The average Bonchev–Trinajstić information content (AvgIpc) is 3.32. The second kappa shape index (κ2) is 10.1. The number of morpholine rings is 1. The molecule has 1 saturated heterocycles. The normalized spacial score (nSPS) is 14.8. The van der Waals surface area contributed by atoms with Crippen LogP contribution in [0.25, 0.3) is 10.6 Å². The molecule has 33 heavy (non-hydrogen) atoms. The van der Waals surface area contributed by atoms with Gasteiger partial charge in [0.25, 0.3) is 0 Å². The zero-order chi connectivity index (χ0) is 23.4. The average molecular weight is 491 g/mol. The van der Waals surface area contributed by atoms with Crippen LogP contribution in [0.5, 0.6) is 0 Å². The van der Waals surface area contributed by atoms with E-state index in [1.165, 1.54) is 21.2 Å². The van der Waals surface area contributed by atoms with Gasteiger partial charge in [0.05, 0.1) is 29.4 Å². The van der Waals surface area contributed by atoms with E-state index in [1.807, 2.05) is 24.3 Å². The Hall–Kier alpha value is -2.66. The largest absolute Gasteiger partial charge is 0.455 e. The van der Waals surface area contributed by atoms with Crippen molar-refractivity contribution in [2.45, 2.75) is 24.8 Å². The molecule has 0 unspecified atom stereocenters. The molecule has 0 N–H and O–H groups in total. The van der Waals surface area contributed by atoms with Crippen LogP contribution in [0.4, 0.5) is 4.39 Å². The summed E-state index contributed by atoms with van der Waals surface area (Å²) in [6.45, 7) is 2.91. The van der Waals surface area contributed by atoms with Gasteiger partial charge in [-0.2, -0.15) is 4.31 Å². The number of esters is 1. The molecule has 7 nitrogen and oxygen atoms in total. The molecule has 1 aromatic heterocycles. The van der Waals surface area contributed by atoms with E-state index in [0.717, 1.165) is 35.2 Å². The van der Waals surface area contributed by atoms with E-state index in [0.29, 0.717) is 5.69 Å². The summed E-state index contributed by atoms with van der Waals surface area (Å²) < 4.78 is 51.6. The standard InChI is InChI=1S/C23H23FN2O5S2/c1-2-16-3-5-17(6-4-16)22-25-18(15-32-22)14-31-23(27)20-13-19(7-8-21(20)24)33(28,29)26-9-11-30-12-10-26/h3-8,13,15H,2,9-12,14H2,1H3. The smallest absolute Gasteiger partial charge is 0.341 e. The molecule has 2 heterocycles. The molecule has 4 rings (SSSR count). The van der Waals surface area contributed by atoms with Crippen LogP contribution in [-0.2, 0) is 32.5 Å². The maximum Gasteiger partial charge on any atom is 0.341 e. The molecule has 1 aliphatic rings. The van der Waals surface area contributed by atoms with Gasteiger partial charge in [-0.1, -0.05) is 31.2 Å². The van der Waals surface area contributed by atoms with E-state index in [9.17, 15) is 17.6 Å². The van der Waals surface area contributed by atoms with Crippen LogP contribution in [0.3, 0.4) is 0 Å². The van der Waals surface area contributed by atoms with Gasteiger partial charge < -0.3 is 9.47 Å². The molecule has 0 atom stereocenters. The molecule has 174 valence electrons. The Morgan fingerprint density at radius 3 is 2.61 bits per heavy atom. The number of hydrogen-bond donors (Lipinski definition) is 0. The Morgan fingerprint density at radius 1 is 1.18 bits per heavy atom. The van der Waals surface area contributed by atoms with E-state index in [2.05, 4.69) is 11.9 Å². The Balaban J connectivity index is 1.45. The fourth-order valence-corrected chi connectivity index (χ4v) is 5.61. The zero-order valence-corrected chi connectivity index (χ0v) is 19.6. The second-order valence-corrected chi connectivity index (χ2v) is 10.2. The molecule has 10 heteroatoms. The first-order valence-corrected chi connectivity index (χ1v) is 12.8. The van der Waals surface area contributed by atoms with Gasteiger partial charge in [-0.15, -0.1) is 11.3 Å². The summed E-state index contributed by atoms with van der Waals surface area (Å²) in [5.41, 5.74) is 2.28. The van der Waals surface area contributed by atoms with Gasteiger partial charge in [-0.3, -0.25) is 0 Å². The number of aromatic nitrogens is 1. The number of sulfonamides is 1. The van der Waals surface area contributed by atoms with Crippen molar-refractivity contribution in [2.24, 2.45) is 0 Å². The van der Waals surface area contributed by atoms with Gasteiger partial charge in [-0.05, 0) is 30.2 Å². The summed E-state index contributed by atoms with van der Waals surface area (Å²) in [7, 11) is -3.87. The SMILES string of the molecule is CCc1ccc(-c2nc(COC(=O)c3cc(S(=O)(=O)N4CCOCC4)ccc3F)cs2)cc1. The minimum absolute atomic E-state index is 0.151. The number of nitrogens with zero attached hydrogens (tertiary/aromatic N) is 2. The second-order valence-electron chi connectivity index (χ2n) is 7.43. The maximum atomic E-state index is 14.3. The van der Waals surface area contributed by atoms with Crippen molar-refractivity contribution in [1.82, 2.24) is 9.29 Å². The number of hydrogen-bond acceptors (Lipinski definition) is 7. The van der Waals surface area contributed by atoms with E-state index < -0.39 is 27.4 Å². The quantitative estimate of drug-likeness (QED) is 0.467. The Morgan fingerprint density at radius 2 is 1.91 bits per heavy atom. The molecule has 0 spiro atoms. The lowest BCUT2D eigenvalue weighted by molar-refractivity contribution is 0.0462. The third-order valence-corrected chi connectivity index (χ3v) is 8.11. The lowest BCUT2D eigenvalue weighted by atomic mass is 10.1. The first-order chi connectivity index (χ1) is 15.9. The predicted molar refractivity (Wildman–Crippen MR) is 122 cm³/mol. The summed E-state index contributed by atoms with van der Waals surface area (Å²) in [4.78, 5) is 16.8. The maximum absolute atomic E-state index is 14.3. The Labute approximate surface area is 195 Å². The van der Waals surface area contributed by atoms with Crippen molar-refractivity contribution in [2.75, 3.05) is 26.3 Å². The summed E-state index contributed by atoms with van der Waals surface area (Å²) >= 11 is 1.42. The van der Waals surface area contributed by atoms with Crippen LogP contribution in [-0.4, -0.2) is 50.0 Å². The van der Waals surface area contributed by atoms with Crippen molar-refractivity contribution in [1.29, 1.82) is 0 Å². The van der Waals surface area contributed by atoms with Crippen LogP contribution in [0.15, 0.2) is 52.7 Å². The first-order valence-electron chi connectivity index (χ1n) is 10.5. The number of aryl methyl sites for hydroxylation is 1. The van der Waals surface area contributed by atoms with Gasteiger partial charge in [0.2, 0.25) is 10.0 Å². The van der Waals surface area contributed by atoms with Crippen molar-refractivity contribution >= 4 is 27.3 Å². The highest BCUT2D eigenvalue weighted by Crippen LogP contribution is 2.25. The highest BCUT2D eigenvalue weighted by atomic mass is 32.2. The van der Waals surface area contributed by atoms with Crippen LogP contribution in [0.1, 0.15) is 28.5 Å². The Bertz CT molecular complexity index is 1240. The number of carbonyl (C=O) groups is 1. The van der Waals surface area contributed by atoms with Gasteiger partial charge in [0, 0.05) is 24.0 Å². The summed E-state index contributed by atoms with van der Waals surface area (Å²) in [5, 5.41) is 2.56. The van der Waals surface area contributed by atoms with E-state index in [1.54, 1.807) is 5.38 Å². The number of ether oxygens (including phenoxy) is 2. The minimum atomic E-state index is -3.87. The topological polar surface area (TPSA) is 85.8 Å². The molecular formula is C23H23FN2O5S2. The molecule has 1 fully saturated rings. The van der Waals surface area contributed by atoms with Gasteiger partial charge in [-0.25, -0.2) is 22.6 Å².